The average molecular weight is 242 g/mol. The van der Waals surface area contributed by atoms with Gasteiger partial charge in [0.15, 0.2) is 0 Å². The summed E-state index contributed by atoms with van der Waals surface area (Å²) in [7, 11) is 0. The Morgan fingerprint density at radius 3 is 2.17 bits per heavy atom. The Morgan fingerprint density at radius 1 is 0.833 bits per heavy atom. The fourth-order valence-electron chi connectivity index (χ4n) is 2.11. The van der Waals surface area contributed by atoms with Gasteiger partial charge in [-0.25, -0.2) is 0 Å². The molecule has 0 aromatic heterocycles. The lowest BCUT2D eigenvalue weighted by Crippen LogP contribution is -1.92. The maximum Gasteiger partial charge on any atom is 0.115 e. The minimum atomic E-state index is 0.313. The Kier molecular flexibility index (Phi) is 3.88. The SMILES string of the molecule is Cc1cc(O)ccc1CCCc1ccc(O)cc1. The molecule has 0 bridgehead atoms. The molecular weight excluding hydrogens is 224 g/mol. The molecule has 0 aliphatic rings. The zero-order valence-electron chi connectivity index (χ0n) is 10.6. The van der Waals surface area contributed by atoms with Gasteiger partial charge >= 0.3 is 0 Å². The first-order valence-electron chi connectivity index (χ1n) is 6.21. The predicted molar refractivity (Wildman–Crippen MR) is 73.0 cm³/mol. The van der Waals surface area contributed by atoms with Gasteiger partial charge in [0.1, 0.15) is 11.5 Å². The Labute approximate surface area is 108 Å². The molecule has 0 aliphatic heterocycles. The largest absolute Gasteiger partial charge is 0.508 e. The van der Waals surface area contributed by atoms with E-state index in [1.165, 1.54) is 11.1 Å². The number of rotatable bonds is 4. The highest BCUT2D eigenvalue weighted by molar-refractivity contribution is 5.34. The summed E-state index contributed by atoms with van der Waals surface area (Å²) in [5.41, 5.74) is 3.66. The Morgan fingerprint density at radius 2 is 1.50 bits per heavy atom. The van der Waals surface area contributed by atoms with Crippen molar-refractivity contribution in [3.8, 4) is 11.5 Å². The van der Waals surface area contributed by atoms with Gasteiger partial charge in [0.25, 0.3) is 0 Å². The van der Waals surface area contributed by atoms with E-state index < -0.39 is 0 Å². The van der Waals surface area contributed by atoms with Crippen molar-refractivity contribution in [2.45, 2.75) is 26.2 Å². The van der Waals surface area contributed by atoms with Crippen molar-refractivity contribution in [1.29, 1.82) is 0 Å². The summed E-state index contributed by atoms with van der Waals surface area (Å²) in [6.07, 6.45) is 3.07. The quantitative estimate of drug-likeness (QED) is 0.860. The second-order valence-corrected chi connectivity index (χ2v) is 4.63. The van der Waals surface area contributed by atoms with Gasteiger partial charge in [0.2, 0.25) is 0 Å². The van der Waals surface area contributed by atoms with Gasteiger partial charge in [-0.3, -0.25) is 0 Å². The average Bonchev–Trinajstić information content (AvgIpc) is 2.34. The Bertz CT molecular complexity index is 515. The maximum atomic E-state index is 9.34. The molecule has 0 amide bonds. The van der Waals surface area contributed by atoms with Crippen LogP contribution in [0.1, 0.15) is 23.1 Å². The van der Waals surface area contributed by atoms with Gasteiger partial charge in [-0.05, 0) is 67.1 Å². The molecule has 18 heavy (non-hydrogen) atoms. The van der Waals surface area contributed by atoms with Crippen molar-refractivity contribution in [2.24, 2.45) is 0 Å². The van der Waals surface area contributed by atoms with E-state index in [4.69, 9.17) is 0 Å². The van der Waals surface area contributed by atoms with Crippen LogP contribution >= 0.6 is 0 Å². The third-order valence-corrected chi connectivity index (χ3v) is 3.17. The molecule has 0 atom stereocenters. The van der Waals surface area contributed by atoms with Gasteiger partial charge in [-0.2, -0.15) is 0 Å². The van der Waals surface area contributed by atoms with Crippen molar-refractivity contribution in [3.05, 3.63) is 59.2 Å². The highest BCUT2D eigenvalue weighted by atomic mass is 16.3. The molecule has 0 saturated carbocycles. The van der Waals surface area contributed by atoms with Gasteiger partial charge in [-0.15, -0.1) is 0 Å². The zero-order chi connectivity index (χ0) is 13.0. The summed E-state index contributed by atoms with van der Waals surface area (Å²) < 4.78 is 0. The number of benzene rings is 2. The smallest absolute Gasteiger partial charge is 0.115 e. The van der Waals surface area contributed by atoms with E-state index >= 15 is 0 Å². The molecule has 0 heterocycles. The maximum absolute atomic E-state index is 9.34. The highest BCUT2D eigenvalue weighted by Gasteiger charge is 2.00. The molecule has 0 unspecified atom stereocenters. The van der Waals surface area contributed by atoms with Crippen LogP contribution < -0.4 is 0 Å². The standard InChI is InChI=1S/C16H18O2/c1-12-11-16(18)10-7-14(12)4-2-3-13-5-8-15(17)9-6-13/h5-11,17-18H,2-4H2,1H3. The molecule has 2 aromatic rings. The summed E-state index contributed by atoms with van der Waals surface area (Å²) in [6, 6.07) is 12.9. The third-order valence-electron chi connectivity index (χ3n) is 3.17. The van der Waals surface area contributed by atoms with E-state index in [1.807, 2.05) is 25.1 Å². The second-order valence-electron chi connectivity index (χ2n) is 4.63. The number of hydrogen-bond acceptors (Lipinski definition) is 2. The van der Waals surface area contributed by atoms with Crippen molar-refractivity contribution < 1.29 is 10.2 Å². The minimum absolute atomic E-state index is 0.313. The van der Waals surface area contributed by atoms with E-state index in [0.29, 0.717) is 11.5 Å². The van der Waals surface area contributed by atoms with Crippen molar-refractivity contribution in [2.75, 3.05) is 0 Å². The van der Waals surface area contributed by atoms with Crippen molar-refractivity contribution in [1.82, 2.24) is 0 Å². The van der Waals surface area contributed by atoms with E-state index in [2.05, 4.69) is 0 Å². The molecule has 0 spiro atoms. The molecule has 2 nitrogen and oxygen atoms in total. The summed E-state index contributed by atoms with van der Waals surface area (Å²) in [5, 5.41) is 18.5. The van der Waals surface area contributed by atoms with Crippen LogP contribution in [0, 0.1) is 6.92 Å². The minimum Gasteiger partial charge on any atom is -0.508 e. The number of hydrogen-bond donors (Lipinski definition) is 2. The predicted octanol–water partition coefficient (Wildman–Crippen LogP) is 3.58. The van der Waals surface area contributed by atoms with E-state index in [-0.39, 0.29) is 0 Å². The second kappa shape index (κ2) is 5.58. The summed E-state index contributed by atoms with van der Waals surface area (Å²) in [4.78, 5) is 0. The molecule has 2 aromatic carbocycles. The van der Waals surface area contributed by atoms with Crippen LogP contribution in [0.3, 0.4) is 0 Å². The molecular formula is C16H18O2. The molecule has 0 aliphatic carbocycles. The first-order valence-corrected chi connectivity index (χ1v) is 6.21. The van der Waals surface area contributed by atoms with Crippen LogP contribution in [0.5, 0.6) is 11.5 Å². The highest BCUT2D eigenvalue weighted by Crippen LogP contribution is 2.18. The zero-order valence-corrected chi connectivity index (χ0v) is 10.6. The third kappa shape index (κ3) is 3.27. The van der Waals surface area contributed by atoms with Gasteiger partial charge < -0.3 is 10.2 Å². The lowest BCUT2D eigenvalue weighted by atomic mass is 10.0. The van der Waals surface area contributed by atoms with Crippen molar-refractivity contribution >= 4 is 0 Å². The van der Waals surface area contributed by atoms with Gasteiger partial charge in [-0.1, -0.05) is 18.2 Å². The molecule has 2 rings (SSSR count). The molecule has 94 valence electrons. The molecule has 0 saturated heterocycles. The lowest BCUT2D eigenvalue weighted by Gasteiger charge is -2.06. The van der Waals surface area contributed by atoms with Crippen LogP contribution in [0.25, 0.3) is 0 Å². The van der Waals surface area contributed by atoms with Gasteiger partial charge in [0, 0.05) is 0 Å². The van der Waals surface area contributed by atoms with Gasteiger partial charge in [0.05, 0.1) is 0 Å². The molecule has 0 radical (unpaired) electrons. The monoisotopic (exact) mass is 242 g/mol. The molecule has 2 N–H and O–H groups in total. The lowest BCUT2D eigenvalue weighted by molar-refractivity contribution is 0.474. The normalized spacial score (nSPS) is 10.5. The van der Waals surface area contributed by atoms with Crippen LogP contribution in [0.15, 0.2) is 42.5 Å². The summed E-state index contributed by atoms with van der Waals surface area (Å²) in [6.45, 7) is 2.02. The van der Waals surface area contributed by atoms with Crippen LogP contribution in [0.4, 0.5) is 0 Å². The summed E-state index contributed by atoms with van der Waals surface area (Å²) >= 11 is 0. The number of aryl methyl sites for hydroxylation is 3. The Balaban J connectivity index is 1.90. The summed E-state index contributed by atoms with van der Waals surface area (Å²) in [5.74, 6) is 0.642. The van der Waals surface area contributed by atoms with Crippen LogP contribution in [0.2, 0.25) is 0 Å². The topological polar surface area (TPSA) is 40.5 Å². The molecule has 2 heteroatoms. The number of aromatic hydroxyl groups is 2. The van der Waals surface area contributed by atoms with E-state index in [9.17, 15) is 10.2 Å². The first-order chi connectivity index (χ1) is 8.65. The number of phenols is 2. The van der Waals surface area contributed by atoms with Crippen LogP contribution in [-0.2, 0) is 12.8 Å². The fourth-order valence-corrected chi connectivity index (χ4v) is 2.11. The molecule has 0 fully saturated rings. The van der Waals surface area contributed by atoms with E-state index in [0.717, 1.165) is 24.8 Å². The Hall–Kier alpha value is -1.96. The van der Waals surface area contributed by atoms with Crippen molar-refractivity contribution in [3.63, 3.8) is 0 Å². The van der Waals surface area contributed by atoms with E-state index in [1.54, 1.807) is 24.3 Å². The number of phenolic OH excluding ortho intramolecular Hbond substituents is 2. The fraction of sp³-hybridized carbons (Fsp3) is 0.250. The first kappa shape index (κ1) is 12.5. The van der Waals surface area contributed by atoms with Crippen LogP contribution in [-0.4, -0.2) is 10.2 Å².